The number of fused-ring (bicyclic) bond motifs is 1. The number of aryl methyl sites for hydroxylation is 2. The fourth-order valence-electron chi connectivity index (χ4n) is 2.65. The molecule has 2 aliphatic rings. The largest absolute Gasteiger partial charge is 0.302 e. The van der Waals surface area contributed by atoms with Gasteiger partial charge in [0.1, 0.15) is 6.29 Å². The first-order valence-electron chi connectivity index (χ1n) is 5.93. The topological polar surface area (TPSA) is 17.1 Å². The van der Waals surface area contributed by atoms with Gasteiger partial charge in [0.15, 0.2) is 0 Å². The summed E-state index contributed by atoms with van der Waals surface area (Å²) in [6.07, 6.45) is 8.32. The van der Waals surface area contributed by atoms with Gasteiger partial charge in [0.25, 0.3) is 0 Å². The van der Waals surface area contributed by atoms with Crippen LogP contribution in [0.1, 0.15) is 42.4 Å². The van der Waals surface area contributed by atoms with Gasteiger partial charge in [0, 0.05) is 0 Å². The van der Waals surface area contributed by atoms with Crippen LogP contribution in [0.2, 0.25) is 0 Å². The zero-order chi connectivity index (χ0) is 10.3. The molecule has 78 valence electrons. The molecule has 1 fully saturated rings. The van der Waals surface area contributed by atoms with E-state index in [1.165, 1.54) is 42.4 Å². The molecular formula is C14H16O. The molecule has 1 nitrogen and oxygen atoms in total. The molecule has 0 spiro atoms. The Morgan fingerprint density at radius 2 is 1.80 bits per heavy atom. The van der Waals surface area contributed by atoms with Gasteiger partial charge in [-0.15, -0.1) is 0 Å². The highest BCUT2D eigenvalue weighted by molar-refractivity contribution is 5.73. The Hall–Kier alpha value is -1.11. The van der Waals surface area contributed by atoms with Crippen LogP contribution < -0.4 is 0 Å². The average molecular weight is 200 g/mol. The summed E-state index contributed by atoms with van der Waals surface area (Å²) in [5, 5.41) is 0. The first-order valence-corrected chi connectivity index (χ1v) is 5.93. The molecule has 15 heavy (non-hydrogen) atoms. The lowest BCUT2D eigenvalue weighted by molar-refractivity contribution is -0.109. The van der Waals surface area contributed by atoms with Crippen molar-refractivity contribution in [1.29, 1.82) is 0 Å². The summed E-state index contributed by atoms with van der Waals surface area (Å²) in [4.78, 5) is 11.1. The van der Waals surface area contributed by atoms with Crippen molar-refractivity contribution in [2.75, 3.05) is 0 Å². The van der Waals surface area contributed by atoms with Gasteiger partial charge in [-0.3, -0.25) is 0 Å². The molecule has 0 radical (unpaired) electrons. The molecule has 0 aromatic heterocycles. The first kappa shape index (κ1) is 9.14. The van der Waals surface area contributed by atoms with Crippen LogP contribution in [0.3, 0.4) is 0 Å². The predicted octanol–water partition coefficient (Wildman–Crippen LogP) is 2.80. The quantitative estimate of drug-likeness (QED) is 0.671. The number of hydrogen-bond donors (Lipinski definition) is 0. The van der Waals surface area contributed by atoms with Crippen LogP contribution in [0.5, 0.6) is 0 Å². The molecule has 1 aromatic rings. The number of aldehydes is 1. The summed E-state index contributed by atoms with van der Waals surface area (Å²) in [6, 6.07) is 6.70. The highest BCUT2D eigenvalue weighted by Gasteiger charge is 2.44. The summed E-state index contributed by atoms with van der Waals surface area (Å²) in [7, 11) is 0. The molecular weight excluding hydrogens is 184 g/mol. The maximum absolute atomic E-state index is 11.1. The minimum atomic E-state index is -0.0908. The Kier molecular flexibility index (Phi) is 1.95. The Bertz CT molecular complexity index is 402. The first-order chi connectivity index (χ1) is 7.34. The minimum Gasteiger partial charge on any atom is -0.302 e. The van der Waals surface area contributed by atoms with Gasteiger partial charge < -0.3 is 4.79 Å². The number of carbonyl (C=O) groups excluding carboxylic acids is 1. The maximum atomic E-state index is 11.1. The number of benzene rings is 1. The smallest absolute Gasteiger partial charge is 0.130 e. The van der Waals surface area contributed by atoms with Crippen molar-refractivity contribution < 1.29 is 4.79 Å². The van der Waals surface area contributed by atoms with Gasteiger partial charge in [-0.05, 0) is 55.2 Å². The SMILES string of the molecule is O=CC1(c2ccc3c(c2)CCCC3)CC1. The normalized spacial score (nSPS) is 21.9. The van der Waals surface area contributed by atoms with E-state index in [4.69, 9.17) is 0 Å². The third-order valence-electron chi connectivity index (χ3n) is 3.94. The number of carbonyl (C=O) groups is 1. The van der Waals surface area contributed by atoms with E-state index in [-0.39, 0.29) is 5.41 Å². The lowest BCUT2D eigenvalue weighted by Crippen LogP contribution is -2.10. The standard InChI is InChI=1S/C14H16O/c15-10-14(7-8-14)13-6-5-11-3-1-2-4-12(11)9-13/h5-6,9-10H,1-4,7-8H2. The summed E-state index contributed by atoms with van der Waals surface area (Å²) in [6.45, 7) is 0. The van der Waals surface area contributed by atoms with Crippen LogP contribution in [0.15, 0.2) is 18.2 Å². The van der Waals surface area contributed by atoms with Crippen LogP contribution in [-0.4, -0.2) is 6.29 Å². The van der Waals surface area contributed by atoms with Crippen LogP contribution in [0.4, 0.5) is 0 Å². The fraction of sp³-hybridized carbons (Fsp3) is 0.500. The molecule has 0 bridgehead atoms. The van der Waals surface area contributed by atoms with E-state index in [0.717, 1.165) is 19.1 Å². The molecule has 2 aliphatic carbocycles. The molecule has 1 heteroatoms. The lowest BCUT2D eigenvalue weighted by Gasteiger charge is -2.18. The molecule has 3 rings (SSSR count). The molecule has 0 heterocycles. The van der Waals surface area contributed by atoms with Crippen molar-refractivity contribution >= 4 is 6.29 Å². The van der Waals surface area contributed by atoms with Crippen molar-refractivity contribution in [2.45, 2.75) is 43.9 Å². The third-order valence-corrected chi connectivity index (χ3v) is 3.94. The van der Waals surface area contributed by atoms with E-state index in [9.17, 15) is 4.79 Å². The summed E-state index contributed by atoms with van der Waals surface area (Å²) < 4.78 is 0. The van der Waals surface area contributed by atoms with Crippen LogP contribution in [0, 0.1) is 0 Å². The van der Waals surface area contributed by atoms with E-state index >= 15 is 0 Å². The van der Waals surface area contributed by atoms with E-state index < -0.39 is 0 Å². The zero-order valence-corrected chi connectivity index (χ0v) is 8.96. The molecule has 0 unspecified atom stereocenters. The predicted molar refractivity (Wildman–Crippen MR) is 60.1 cm³/mol. The van der Waals surface area contributed by atoms with Gasteiger partial charge in [0.05, 0.1) is 5.41 Å². The second-order valence-electron chi connectivity index (χ2n) is 4.96. The molecule has 0 amide bonds. The Morgan fingerprint density at radius 3 is 2.47 bits per heavy atom. The van der Waals surface area contributed by atoms with Crippen molar-refractivity contribution in [2.24, 2.45) is 0 Å². The van der Waals surface area contributed by atoms with Gasteiger partial charge in [-0.2, -0.15) is 0 Å². The van der Waals surface area contributed by atoms with E-state index in [1.807, 2.05) is 0 Å². The van der Waals surface area contributed by atoms with Crippen LogP contribution >= 0.6 is 0 Å². The second-order valence-corrected chi connectivity index (χ2v) is 4.96. The van der Waals surface area contributed by atoms with Gasteiger partial charge in [0.2, 0.25) is 0 Å². The zero-order valence-electron chi connectivity index (χ0n) is 8.96. The summed E-state index contributed by atoms with van der Waals surface area (Å²) in [5.41, 5.74) is 4.17. The summed E-state index contributed by atoms with van der Waals surface area (Å²) >= 11 is 0. The average Bonchev–Trinajstić information content (AvgIpc) is 3.09. The number of rotatable bonds is 2. The molecule has 0 saturated heterocycles. The Morgan fingerprint density at radius 1 is 1.07 bits per heavy atom. The Labute approximate surface area is 90.5 Å². The monoisotopic (exact) mass is 200 g/mol. The highest BCUT2D eigenvalue weighted by Crippen LogP contribution is 2.46. The molecule has 0 atom stereocenters. The highest BCUT2D eigenvalue weighted by atomic mass is 16.1. The van der Waals surface area contributed by atoms with Crippen molar-refractivity contribution in [3.05, 3.63) is 34.9 Å². The molecule has 0 N–H and O–H groups in total. The third kappa shape index (κ3) is 1.41. The molecule has 1 saturated carbocycles. The lowest BCUT2D eigenvalue weighted by atomic mass is 9.87. The molecule has 0 aliphatic heterocycles. The van der Waals surface area contributed by atoms with Crippen molar-refractivity contribution in [3.63, 3.8) is 0 Å². The van der Waals surface area contributed by atoms with Crippen molar-refractivity contribution in [1.82, 2.24) is 0 Å². The fourth-order valence-corrected chi connectivity index (χ4v) is 2.65. The van der Waals surface area contributed by atoms with E-state index in [1.54, 1.807) is 0 Å². The van der Waals surface area contributed by atoms with Gasteiger partial charge >= 0.3 is 0 Å². The van der Waals surface area contributed by atoms with Crippen molar-refractivity contribution in [3.8, 4) is 0 Å². The number of hydrogen-bond acceptors (Lipinski definition) is 1. The molecule has 1 aromatic carbocycles. The van der Waals surface area contributed by atoms with Crippen LogP contribution in [0.25, 0.3) is 0 Å². The Balaban J connectivity index is 2.01. The van der Waals surface area contributed by atoms with Crippen LogP contribution in [-0.2, 0) is 23.1 Å². The summed E-state index contributed by atoms with van der Waals surface area (Å²) in [5.74, 6) is 0. The minimum absolute atomic E-state index is 0.0908. The maximum Gasteiger partial charge on any atom is 0.130 e. The van der Waals surface area contributed by atoms with E-state index in [2.05, 4.69) is 18.2 Å². The van der Waals surface area contributed by atoms with Gasteiger partial charge in [-0.25, -0.2) is 0 Å². The van der Waals surface area contributed by atoms with Gasteiger partial charge in [-0.1, -0.05) is 18.2 Å². The second kappa shape index (κ2) is 3.19. The van der Waals surface area contributed by atoms with E-state index in [0.29, 0.717) is 0 Å².